The summed E-state index contributed by atoms with van der Waals surface area (Å²) in [5.74, 6) is 0.691. The molecule has 4 nitrogen and oxygen atoms in total. The number of carbonyl (C=O) groups is 1. The van der Waals surface area contributed by atoms with Gasteiger partial charge in [0.1, 0.15) is 5.75 Å². The number of nitrogens with two attached hydrogens (primary N) is 1. The Morgan fingerprint density at radius 2 is 2.14 bits per heavy atom. The van der Waals surface area contributed by atoms with Crippen LogP contribution in [0.4, 0.5) is 0 Å². The molecule has 0 fully saturated rings. The number of benzene rings is 1. The minimum Gasteiger partial charge on any atom is -0.481 e. The highest BCUT2D eigenvalue weighted by Crippen LogP contribution is 2.32. The largest absolute Gasteiger partial charge is 0.481 e. The van der Waals surface area contributed by atoms with Crippen LogP contribution in [0.2, 0.25) is 0 Å². The van der Waals surface area contributed by atoms with Crippen molar-refractivity contribution in [1.29, 1.82) is 0 Å². The molecule has 0 radical (unpaired) electrons. The van der Waals surface area contributed by atoms with E-state index in [9.17, 15) is 4.79 Å². The summed E-state index contributed by atoms with van der Waals surface area (Å²) in [7, 11) is 0. The van der Waals surface area contributed by atoms with E-state index in [1.165, 1.54) is 11.1 Å². The third-order valence-electron chi connectivity index (χ3n) is 4.25. The molecule has 0 saturated heterocycles. The molecule has 116 valence electrons. The van der Waals surface area contributed by atoms with Crippen LogP contribution in [0.3, 0.4) is 0 Å². The summed E-state index contributed by atoms with van der Waals surface area (Å²) in [5, 5.41) is 3.01. The van der Waals surface area contributed by atoms with E-state index < -0.39 is 6.10 Å². The van der Waals surface area contributed by atoms with Gasteiger partial charge in [0.25, 0.3) is 5.91 Å². The van der Waals surface area contributed by atoms with Crippen molar-refractivity contribution in [1.82, 2.24) is 5.32 Å². The topological polar surface area (TPSA) is 64.3 Å². The van der Waals surface area contributed by atoms with E-state index in [2.05, 4.69) is 19.2 Å². The molecule has 2 atom stereocenters. The van der Waals surface area contributed by atoms with Crippen molar-refractivity contribution in [3.8, 4) is 5.75 Å². The second kappa shape index (κ2) is 6.94. The molecule has 0 bridgehead atoms. The quantitative estimate of drug-likeness (QED) is 0.846. The number of hydrogen-bond acceptors (Lipinski definition) is 3. The second-order valence-electron chi connectivity index (χ2n) is 5.79. The molecular formula is C17H26N2O2. The molecule has 1 aromatic carbocycles. The van der Waals surface area contributed by atoms with Gasteiger partial charge < -0.3 is 15.8 Å². The number of amides is 1. The highest BCUT2D eigenvalue weighted by Gasteiger charge is 2.21. The summed E-state index contributed by atoms with van der Waals surface area (Å²) in [5.41, 5.74) is 8.47. The predicted octanol–water partition coefficient (Wildman–Crippen LogP) is 2.70. The summed E-state index contributed by atoms with van der Waals surface area (Å²) in [6.07, 6.45) is 3.36. The molecule has 0 spiro atoms. The van der Waals surface area contributed by atoms with Crippen LogP contribution in [0.5, 0.6) is 5.75 Å². The zero-order chi connectivity index (χ0) is 15.4. The summed E-state index contributed by atoms with van der Waals surface area (Å²) >= 11 is 0. The Hall–Kier alpha value is -1.55. The van der Waals surface area contributed by atoms with Crippen LogP contribution < -0.4 is 15.8 Å². The number of hydrogen-bond donors (Lipinski definition) is 2. The number of aryl methyl sites for hydroxylation is 1. The number of rotatable bonds is 6. The van der Waals surface area contributed by atoms with Crippen molar-refractivity contribution in [3.05, 3.63) is 29.3 Å². The fraction of sp³-hybridized carbons (Fsp3) is 0.588. The highest BCUT2D eigenvalue weighted by molar-refractivity contribution is 5.81. The smallest absolute Gasteiger partial charge is 0.260 e. The zero-order valence-electron chi connectivity index (χ0n) is 13.2. The monoisotopic (exact) mass is 290 g/mol. The van der Waals surface area contributed by atoms with E-state index in [0.717, 1.165) is 31.4 Å². The molecule has 1 amide bonds. The van der Waals surface area contributed by atoms with Gasteiger partial charge in [-0.1, -0.05) is 19.9 Å². The predicted molar refractivity (Wildman–Crippen MR) is 84.3 cm³/mol. The maximum Gasteiger partial charge on any atom is 0.260 e. The highest BCUT2D eigenvalue weighted by atomic mass is 16.5. The van der Waals surface area contributed by atoms with Gasteiger partial charge in [-0.3, -0.25) is 4.79 Å². The summed E-state index contributed by atoms with van der Waals surface area (Å²) in [6.45, 7) is 5.93. The number of ether oxygens (including phenoxy) is 1. The fourth-order valence-electron chi connectivity index (χ4n) is 2.77. The first-order chi connectivity index (χ1) is 10.0. The molecule has 0 aliphatic heterocycles. The van der Waals surface area contributed by atoms with Gasteiger partial charge in [-0.2, -0.15) is 0 Å². The van der Waals surface area contributed by atoms with Crippen LogP contribution in [-0.2, 0) is 11.2 Å². The summed E-state index contributed by atoms with van der Waals surface area (Å²) in [6, 6.07) is 6.31. The van der Waals surface area contributed by atoms with E-state index in [1.807, 2.05) is 18.2 Å². The second-order valence-corrected chi connectivity index (χ2v) is 5.79. The molecule has 0 saturated carbocycles. The van der Waals surface area contributed by atoms with Crippen molar-refractivity contribution in [2.75, 3.05) is 0 Å². The Bertz CT molecular complexity index is 498. The molecule has 1 aliphatic rings. The Kier molecular flexibility index (Phi) is 5.23. The van der Waals surface area contributed by atoms with Crippen LogP contribution >= 0.6 is 0 Å². The van der Waals surface area contributed by atoms with Gasteiger partial charge in [0.05, 0.1) is 0 Å². The SMILES string of the molecule is CCC(CC)NC(=O)C(C)Oc1ccc2c(c1)CC[C@H]2N. The van der Waals surface area contributed by atoms with Gasteiger partial charge in [-0.05, 0) is 55.9 Å². The van der Waals surface area contributed by atoms with Crippen LogP contribution in [0.15, 0.2) is 18.2 Å². The first-order valence-corrected chi connectivity index (χ1v) is 7.90. The van der Waals surface area contributed by atoms with Crippen LogP contribution in [0.25, 0.3) is 0 Å². The van der Waals surface area contributed by atoms with Crippen LogP contribution in [-0.4, -0.2) is 18.1 Å². The normalized spacial score (nSPS) is 18.4. The zero-order valence-corrected chi connectivity index (χ0v) is 13.2. The van der Waals surface area contributed by atoms with Crippen LogP contribution in [0.1, 0.15) is 57.2 Å². The van der Waals surface area contributed by atoms with Crippen molar-refractivity contribution in [3.63, 3.8) is 0 Å². The van der Waals surface area contributed by atoms with E-state index in [-0.39, 0.29) is 18.0 Å². The van der Waals surface area contributed by atoms with E-state index >= 15 is 0 Å². The number of fused-ring (bicyclic) bond motifs is 1. The lowest BCUT2D eigenvalue weighted by molar-refractivity contribution is -0.128. The first-order valence-electron chi connectivity index (χ1n) is 7.90. The van der Waals surface area contributed by atoms with Gasteiger partial charge in [-0.25, -0.2) is 0 Å². The third kappa shape index (κ3) is 3.76. The molecule has 1 aromatic rings. The summed E-state index contributed by atoms with van der Waals surface area (Å²) in [4.78, 5) is 12.1. The van der Waals surface area contributed by atoms with E-state index in [4.69, 9.17) is 10.5 Å². The van der Waals surface area contributed by atoms with Crippen molar-refractivity contribution in [2.24, 2.45) is 5.73 Å². The Morgan fingerprint density at radius 3 is 2.81 bits per heavy atom. The third-order valence-corrected chi connectivity index (χ3v) is 4.25. The Labute approximate surface area is 127 Å². The molecule has 1 aliphatic carbocycles. The molecule has 3 N–H and O–H groups in total. The molecule has 21 heavy (non-hydrogen) atoms. The maximum atomic E-state index is 12.1. The molecule has 2 rings (SSSR count). The van der Waals surface area contributed by atoms with Crippen LogP contribution in [0, 0.1) is 0 Å². The Balaban J connectivity index is 1.96. The van der Waals surface area contributed by atoms with Gasteiger partial charge in [0.15, 0.2) is 6.10 Å². The molecule has 1 unspecified atom stereocenters. The Morgan fingerprint density at radius 1 is 1.43 bits per heavy atom. The van der Waals surface area contributed by atoms with E-state index in [1.54, 1.807) is 6.92 Å². The maximum absolute atomic E-state index is 12.1. The minimum atomic E-state index is -0.487. The van der Waals surface area contributed by atoms with Crippen molar-refractivity contribution < 1.29 is 9.53 Å². The van der Waals surface area contributed by atoms with Crippen molar-refractivity contribution in [2.45, 2.75) is 64.6 Å². The lowest BCUT2D eigenvalue weighted by atomic mass is 10.1. The van der Waals surface area contributed by atoms with Gasteiger partial charge in [0.2, 0.25) is 0 Å². The fourth-order valence-corrected chi connectivity index (χ4v) is 2.77. The number of carbonyl (C=O) groups excluding carboxylic acids is 1. The molecule has 4 heteroatoms. The van der Waals surface area contributed by atoms with Crippen molar-refractivity contribution >= 4 is 5.91 Å². The van der Waals surface area contributed by atoms with Gasteiger partial charge >= 0.3 is 0 Å². The lowest BCUT2D eigenvalue weighted by Crippen LogP contribution is -2.42. The van der Waals surface area contributed by atoms with E-state index in [0.29, 0.717) is 0 Å². The standard InChI is InChI=1S/C17H26N2O2/c1-4-13(5-2)19-17(20)11(3)21-14-7-8-15-12(10-14)6-9-16(15)18/h7-8,10-11,13,16H,4-6,9,18H2,1-3H3,(H,19,20)/t11?,16-/m1/s1. The summed E-state index contributed by atoms with van der Waals surface area (Å²) < 4.78 is 5.77. The molecular weight excluding hydrogens is 264 g/mol. The first kappa shape index (κ1) is 15.8. The molecule has 0 aromatic heterocycles. The van der Waals surface area contributed by atoms with Gasteiger partial charge in [0, 0.05) is 12.1 Å². The average molecular weight is 290 g/mol. The minimum absolute atomic E-state index is 0.0547. The average Bonchev–Trinajstić information content (AvgIpc) is 2.85. The lowest BCUT2D eigenvalue weighted by Gasteiger charge is -2.20. The number of nitrogens with one attached hydrogen (secondary N) is 1. The van der Waals surface area contributed by atoms with Gasteiger partial charge in [-0.15, -0.1) is 0 Å². The molecule has 0 heterocycles.